The largest absolute Gasteiger partial charge is 0.491 e. The van der Waals surface area contributed by atoms with Crippen molar-refractivity contribution in [2.24, 2.45) is 0 Å². The maximum atomic E-state index is 11.5. The van der Waals surface area contributed by atoms with Crippen molar-refractivity contribution in [1.29, 1.82) is 0 Å². The quantitative estimate of drug-likeness (QED) is 0.255. The number of carbonyl (C=O) groups is 1. The van der Waals surface area contributed by atoms with Gasteiger partial charge in [0.05, 0.1) is 28.4 Å². The number of ether oxygens (including phenoxy) is 1. The van der Waals surface area contributed by atoms with Gasteiger partial charge >= 0.3 is 5.97 Å². The van der Waals surface area contributed by atoms with Crippen LogP contribution >= 0.6 is 23.8 Å². The van der Waals surface area contributed by atoms with Crippen LogP contribution in [-0.4, -0.2) is 27.3 Å². The molecule has 0 saturated carbocycles. The first-order chi connectivity index (χ1) is 17.8. The van der Waals surface area contributed by atoms with Crippen molar-refractivity contribution < 1.29 is 19.1 Å². The minimum atomic E-state index is -1.04. The molecule has 188 valence electrons. The molecular weight excluding hydrogens is 510 g/mol. The molecule has 2 N–H and O–H groups in total. The number of furan rings is 1. The number of thiocarbonyl (C=S) groups is 1. The molecule has 4 aromatic rings. The van der Waals surface area contributed by atoms with Gasteiger partial charge in [0.2, 0.25) is 0 Å². The van der Waals surface area contributed by atoms with Crippen molar-refractivity contribution in [1.82, 2.24) is 10.3 Å². The SMILES string of the molecule is CC(C)Oc1ccc(N2C(=S)N[C@H](c3ccccn3)[C@@H]2c2ccc(-c3cc(C(=O)O)ccc3Cl)o2)cc1. The first-order valence-corrected chi connectivity index (χ1v) is 12.5. The molecule has 1 aliphatic heterocycles. The molecule has 1 saturated heterocycles. The Kier molecular flexibility index (Phi) is 6.86. The molecule has 2 aromatic heterocycles. The Hall–Kier alpha value is -3.88. The fourth-order valence-electron chi connectivity index (χ4n) is 4.38. The fourth-order valence-corrected chi connectivity index (χ4v) is 4.94. The summed E-state index contributed by atoms with van der Waals surface area (Å²) >= 11 is 12.2. The van der Waals surface area contributed by atoms with Crippen LogP contribution in [0, 0.1) is 0 Å². The van der Waals surface area contributed by atoms with Gasteiger partial charge in [-0.2, -0.15) is 0 Å². The van der Waals surface area contributed by atoms with Gasteiger partial charge in [0.1, 0.15) is 23.3 Å². The molecule has 0 bridgehead atoms. The Balaban J connectivity index is 1.57. The minimum absolute atomic E-state index is 0.0645. The van der Waals surface area contributed by atoms with E-state index in [2.05, 4.69) is 10.3 Å². The summed E-state index contributed by atoms with van der Waals surface area (Å²) in [5.74, 6) is 0.808. The van der Waals surface area contributed by atoms with Gasteiger partial charge in [-0.15, -0.1) is 0 Å². The van der Waals surface area contributed by atoms with Gasteiger partial charge in [0, 0.05) is 17.4 Å². The van der Waals surface area contributed by atoms with Crippen LogP contribution in [0.3, 0.4) is 0 Å². The number of carboxylic acid groups (broad SMARTS) is 1. The van der Waals surface area contributed by atoms with Gasteiger partial charge in [-0.05, 0) is 92.8 Å². The van der Waals surface area contributed by atoms with E-state index < -0.39 is 5.97 Å². The van der Waals surface area contributed by atoms with Gasteiger partial charge in [0.25, 0.3) is 0 Å². The summed E-state index contributed by atoms with van der Waals surface area (Å²) in [5.41, 5.74) is 2.29. The van der Waals surface area contributed by atoms with Crippen LogP contribution in [0.15, 0.2) is 83.4 Å². The van der Waals surface area contributed by atoms with Crippen LogP contribution < -0.4 is 15.0 Å². The van der Waals surface area contributed by atoms with Crippen LogP contribution in [0.5, 0.6) is 5.75 Å². The van der Waals surface area contributed by atoms with E-state index in [0.717, 1.165) is 17.1 Å². The number of aromatic nitrogens is 1. The number of hydrogen-bond acceptors (Lipinski definition) is 5. The predicted octanol–water partition coefficient (Wildman–Crippen LogP) is 6.66. The molecule has 3 heterocycles. The summed E-state index contributed by atoms with van der Waals surface area (Å²) in [7, 11) is 0. The van der Waals surface area contributed by atoms with Gasteiger partial charge in [-0.1, -0.05) is 17.7 Å². The highest BCUT2D eigenvalue weighted by atomic mass is 35.5. The molecule has 9 heteroatoms. The summed E-state index contributed by atoms with van der Waals surface area (Å²) in [4.78, 5) is 18.1. The number of hydrogen-bond donors (Lipinski definition) is 2. The number of carboxylic acids is 1. The third-order valence-corrected chi connectivity index (χ3v) is 6.63. The maximum Gasteiger partial charge on any atom is 0.335 e. The summed E-state index contributed by atoms with van der Waals surface area (Å²) in [6.45, 7) is 3.96. The normalized spacial score (nSPS) is 17.2. The third-order valence-electron chi connectivity index (χ3n) is 5.98. The lowest BCUT2D eigenvalue weighted by Crippen LogP contribution is -2.29. The van der Waals surface area contributed by atoms with Crippen LogP contribution in [0.25, 0.3) is 11.3 Å². The monoisotopic (exact) mass is 533 g/mol. The summed E-state index contributed by atoms with van der Waals surface area (Å²) in [6.07, 6.45) is 1.80. The van der Waals surface area contributed by atoms with Crippen LogP contribution in [0.4, 0.5) is 5.69 Å². The van der Waals surface area contributed by atoms with Crippen LogP contribution in [-0.2, 0) is 0 Å². The molecule has 0 spiro atoms. The molecular formula is C28H24ClN3O4S. The first kappa shape index (κ1) is 24.8. The van der Waals surface area contributed by atoms with Gasteiger partial charge in [-0.3, -0.25) is 4.98 Å². The zero-order chi connectivity index (χ0) is 26.1. The third kappa shape index (κ3) is 5.03. The molecule has 5 rings (SSSR count). The van der Waals surface area contributed by atoms with E-state index >= 15 is 0 Å². The topological polar surface area (TPSA) is 87.8 Å². The number of nitrogens with one attached hydrogen (secondary N) is 1. The summed E-state index contributed by atoms with van der Waals surface area (Å²) in [5, 5.41) is 13.7. The smallest absolute Gasteiger partial charge is 0.335 e. The average Bonchev–Trinajstić information content (AvgIpc) is 3.49. The number of benzene rings is 2. The number of aromatic carboxylic acids is 1. The van der Waals surface area contributed by atoms with E-state index in [1.165, 1.54) is 12.1 Å². The molecule has 1 aliphatic rings. The van der Waals surface area contributed by atoms with E-state index in [4.69, 9.17) is 33.0 Å². The Morgan fingerprint density at radius 2 is 1.92 bits per heavy atom. The zero-order valence-corrected chi connectivity index (χ0v) is 21.7. The van der Waals surface area contributed by atoms with Crippen molar-refractivity contribution in [3.63, 3.8) is 0 Å². The van der Waals surface area contributed by atoms with E-state index in [1.807, 2.05) is 67.3 Å². The predicted molar refractivity (Wildman–Crippen MR) is 146 cm³/mol. The molecule has 37 heavy (non-hydrogen) atoms. The Morgan fingerprint density at radius 1 is 1.14 bits per heavy atom. The van der Waals surface area contributed by atoms with E-state index in [-0.39, 0.29) is 23.8 Å². The van der Waals surface area contributed by atoms with Crippen molar-refractivity contribution in [2.75, 3.05) is 4.90 Å². The maximum absolute atomic E-state index is 11.5. The van der Waals surface area contributed by atoms with Gasteiger partial charge < -0.3 is 24.5 Å². The van der Waals surface area contributed by atoms with Gasteiger partial charge in [-0.25, -0.2) is 4.79 Å². The van der Waals surface area contributed by atoms with E-state index in [1.54, 1.807) is 18.3 Å². The molecule has 0 aliphatic carbocycles. The Morgan fingerprint density at radius 3 is 2.59 bits per heavy atom. The molecule has 1 fully saturated rings. The highest BCUT2D eigenvalue weighted by molar-refractivity contribution is 7.80. The average molecular weight is 534 g/mol. The van der Waals surface area contributed by atoms with E-state index in [9.17, 15) is 9.90 Å². The number of anilines is 1. The second kappa shape index (κ2) is 10.2. The highest BCUT2D eigenvalue weighted by Crippen LogP contribution is 2.43. The zero-order valence-electron chi connectivity index (χ0n) is 20.1. The van der Waals surface area contributed by atoms with Crippen molar-refractivity contribution in [3.8, 4) is 17.1 Å². The molecule has 2 aromatic carbocycles. The van der Waals surface area contributed by atoms with Crippen molar-refractivity contribution in [2.45, 2.75) is 32.0 Å². The number of nitrogens with zero attached hydrogens (tertiary/aromatic N) is 2. The lowest BCUT2D eigenvalue weighted by atomic mass is 10.0. The standard InChI is InChI=1S/C28H24ClN3O4S/c1-16(2)35-19-9-7-18(8-10-19)32-26(25(31-28(32)37)22-5-3-4-14-30-22)24-13-12-23(36-24)20-15-17(27(33)34)6-11-21(20)29/h3-16,25-26H,1-2H3,(H,31,37)(H,33,34)/t25-,26+/m1/s1. The second-order valence-electron chi connectivity index (χ2n) is 8.86. The fraction of sp³-hybridized carbons (Fsp3) is 0.179. The molecule has 0 unspecified atom stereocenters. The van der Waals surface area contributed by atoms with Crippen LogP contribution in [0.1, 0.15) is 47.7 Å². The lowest BCUT2D eigenvalue weighted by molar-refractivity contribution is 0.0697. The minimum Gasteiger partial charge on any atom is -0.491 e. The van der Waals surface area contributed by atoms with Crippen molar-refractivity contribution >= 4 is 40.6 Å². The van der Waals surface area contributed by atoms with Gasteiger partial charge in [0.15, 0.2) is 5.11 Å². The molecule has 0 radical (unpaired) electrons. The molecule has 7 nitrogen and oxygen atoms in total. The van der Waals surface area contributed by atoms with Crippen LogP contribution in [0.2, 0.25) is 5.02 Å². The van der Waals surface area contributed by atoms with Crippen molar-refractivity contribution in [3.05, 3.63) is 101 Å². The van der Waals surface area contributed by atoms with E-state index in [0.29, 0.717) is 27.2 Å². The number of halogens is 1. The summed E-state index contributed by atoms with van der Waals surface area (Å²) < 4.78 is 12.1. The number of rotatable bonds is 7. The highest BCUT2D eigenvalue weighted by Gasteiger charge is 2.42. The first-order valence-electron chi connectivity index (χ1n) is 11.7. The second-order valence-corrected chi connectivity index (χ2v) is 9.65. The Labute approximate surface area is 224 Å². The summed E-state index contributed by atoms with van der Waals surface area (Å²) in [6, 6.07) is 21.0. The molecule has 2 atom stereocenters. The Bertz CT molecular complexity index is 1440. The number of pyridine rings is 1. The lowest BCUT2D eigenvalue weighted by Gasteiger charge is -2.26. The molecule has 0 amide bonds.